The molecule has 0 saturated carbocycles. The lowest BCUT2D eigenvalue weighted by Gasteiger charge is -2.17. The van der Waals surface area contributed by atoms with Crippen LogP contribution in [-0.4, -0.2) is 16.7 Å². The maximum Gasteiger partial charge on any atom is 0.339 e. The highest BCUT2D eigenvalue weighted by Crippen LogP contribution is 2.38. The molecule has 1 aromatic carbocycles. The number of fused-ring (bicyclic) bond motifs is 1. The Bertz CT molecular complexity index is 433. The molecule has 1 aliphatic rings. The Hall–Kier alpha value is -1.51. The van der Waals surface area contributed by atoms with Crippen LogP contribution in [0.15, 0.2) is 12.1 Å². The van der Waals surface area contributed by atoms with Crippen molar-refractivity contribution in [2.75, 3.05) is 0 Å². The predicted molar refractivity (Wildman–Crippen MR) is 67.9 cm³/mol. The fraction of sp³-hybridized carbons (Fsp3) is 0.500. The molecule has 0 aromatic heterocycles. The zero-order valence-corrected chi connectivity index (χ0v) is 11.1. The first-order valence-electron chi connectivity index (χ1n) is 5.95. The van der Waals surface area contributed by atoms with Crippen LogP contribution in [0.4, 0.5) is 0 Å². The van der Waals surface area contributed by atoms with Crippen LogP contribution in [0.25, 0.3) is 0 Å². The zero-order chi connectivity index (χ0) is 13.2. The molecular formula is C14H20O3. The van der Waals surface area contributed by atoms with Crippen LogP contribution in [-0.2, 0) is 6.42 Å². The molecule has 1 heterocycles. The predicted octanol–water partition coefficient (Wildman–Crippen LogP) is 3.43. The molecule has 94 valence electrons. The van der Waals surface area contributed by atoms with Gasteiger partial charge in [-0.05, 0) is 38.0 Å². The van der Waals surface area contributed by atoms with Gasteiger partial charge in [-0.2, -0.15) is 0 Å². The fourth-order valence-corrected chi connectivity index (χ4v) is 2.03. The molecule has 0 amide bonds. The van der Waals surface area contributed by atoms with Crippen LogP contribution in [0.2, 0.25) is 0 Å². The van der Waals surface area contributed by atoms with Crippen molar-refractivity contribution >= 4 is 5.97 Å². The molecule has 3 nitrogen and oxygen atoms in total. The van der Waals surface area contributed by atoms with Gasteiger partial charge in [0.15, 0.2) is 0 Å². The zero-order valence-electron chi connectivity index (χ0n) is 11.1. The highest BCUT2D eigenvalue weighted by atomic mass is 16.5. The van der Waals surface area contributed by atoms with Crippen LogP contribution >= 0.6 is 0 Å². The van der Waals surface area contributed by atoms with Crippen LogP contribution in [0.1, 0.15) is 49.2 Å². The van der Waals surface area contributed by atoms with Crippen LogP contribution in [0.5, 0.6) is 5.75 Å². The van der Waals surface area contributed by atoms with Crippen molar-refractivity contribution in [2.24, 2.45) is 0 Å². The van der Waals surface area contributed by atoms with Crippen molar-refractivity contribution in [2.45, 2.75) is 46.6 Å². The van der Waals surface area contributed by atoms with Gasteiger partial charge in [0, 0.05) is 6.42 Å². The lowest BCUT2D eigenvalue weighted by molar-refractivity contribution is 0.0685. The maximum atomic E-state index is 11.0. The molecule has 1 N–H and O–H groups in total. The molecule has 0 atom stereocenters. The number of aryl methyl sites for hydroxylation is 1. The maximum absolute atomic E-state index is 11.0. The number of rotatable bonds is 1. The van der Waals surface area contributed by atoms with E-state index in [9.17, 15) is 4.79 Å². The second-order valence-corrected chi connectivity index (χ2v) is 4.64. The van der Waals surface area contributed by atoms with Gasteiger partial charge in [0.25, 0.3) is 0 Å². The largest absolute Gasteiger partial charge is 0.486 e. The number of aromatic carboxylic acids is 1. The Morgan fingerprint density at radius 3 is 2.47 bits per heavy atom. The van der Waals surface area contributed by atoms with Gasteiger partial charge in [0.1, 0.15) is 16.9 Å². The van der Waals surface area contributed by atoms with Gasteiger partial charge in [-0.25, -0.2) is 4.79 Å². The molecule has 2 rings (SSSR count). The van der Waals surface area contributed by atoms with E-state index in [0.29, 0.717) is 5.75 Å². The summed E-state index contributed by atoms with van der Waals surface area (Å²) in [6, 6.07) is 3.65. The average Bonchev–Trinajstić information content (AvgIpc) is 2.53. The van der Waals surface area contributed by atoms with Gasteiger partial charge in [-0.15, -0.1) is 0 Å². The van der Waals surface area contributed by atoms with Crippen molar-refractivity contribution < 1.29 is 14.6 Å². The minimum Gasteiger partial charge on any atom is -0.486 e. The summed E-state index contributed by atoms with van der Waals surface area (Å²) in [6.45, 7) is 9.83. The number of carboxylic acids is 1. The monoisotopic (exact) mass is 236 g/mol. The summed E-state index contributed by atoms with van der Waals surface area (Å²) in [5, 5.41) is 9.06. The summed E-state index contributed by atoms with van der Waals surface area (Å²) in [6.07, 6.45) is 0.768. The van der Waals surface area contributed by atoms with Gasteiger partial charge in [-0.3, -0.25) is 0 Å². The van der Waals surface area contributed by atoms with Crippen molar-refractivity contribution in [3.63, 3.8) is 0 Å². The fourth-order valence-electron chi connectivity index (χ4n) is 2.03. The number of carboxylic acid groups (broad SMARTS) is 1. The van der Waals surface area contributed by atoms with E-state index in [1.54, 1.807) is 6.07 Å². The standard InChI is InChI=1S/C12H14O3.C2H6/c1-7-4-8-6-12(2,3)15-10(8)9(5-7)11(13)14;1-2/h4-5H,6H2,1-3H3,(H,13,14);1-2H3. The van der Waals surface area contributed by atoms with Crippen LogP contribution in [0.3, 0.4) is 0 Å². The first kappa shape index (κ1) is 13.6. The highest BCUT2D eigenvalue weighted by molar-refractivity contribution is 5.92. The van der Waals surface area contributed by atoms with E-state index in [0.717, 1.165) is 17.5 Å². The summed E-state index contributed by atoms with van der Waals surface area (Å²) >= 11 is 0. The minimum absolute atomic E-state index is 0.274. The summed E-state index contributed by atoms with van der Waals surface area (Å²) in [5.74, 6) is -0.384. The molecule has 1 aromatic rings. The SMILES string of the molecule is CC.Cc1cc2c(c(C(=O)O)c1)OC(C)(C)C2. The van der Waals surface area contributed by atoms with Crippen molar-refractivity contribution in [3.8, 4) is 5.75 Å². The van der Waals surface area contributed by atoms with Gasteiger partial charge < -0.3 is 9.84 Å². The molecule has 1 aliphatic heterocycles. The Labute approximate surface area is 102 Å². The summed E-state index contributed by atoms with van der Waals surface area (Å²) in [4.78, 5) is 11.0. The third kappa shape index (κ3) is 2.78. The van der Waals surface area contributed by atoms with Gasteiger partial charge in [0.2, 0.25) is 0 Å². The van der Waals surface area contributed by atoms with E-state index in [1.165, 1.54) is 0 Å². The minimum atomic E-state index is -0.923. The normalized spacial score (nSPS) is 15.4. The van der Waals surface area contributed by atoms with Crippen molar-refractivity contribution in [1.82, 2.24) is 0 Å². The third-order valence-electron chi connectivity index (χ3n) is 2.54. The second-order valence-electron chi connectivity index (χ2n) is 4.64. The molecule has 0 fully saturated rings. The molecule has 0 unspecified atom stereocenters. The lowest BCUT2D eigenvalue weighted by atomic mass is 9.98. The molecule has 0 saturated heterocycles. The quantitative estimate of drug-likeness (QED) is 0.812. The van der Waals surface area contributed by atoms with Crippen LogP contribution < -0.4 is 4.74 Å². The van der Waals surface area contributed by atoms with Gasteiger partial charge in [-0.1, -0.05) is 19.9 Å². The number of ether oxygens (including phenoxy) is 1. The van der Waals surface area contributed by atoms with E-state index < -0.39 is 5.97 Å². The first-order valence-corrected chi connectivity index (χ1v) is 5.95. The van der Waals surface area contributed by atoms with Crippen LogP contribution in [0, 0.1) is 6.92 Å². The average molecular weight is 236 g/mol. The third-order valence-corrected chi connectivity index (χ3v) is 2.54. The number of benzene rings is 1. The molecule has 0 aliphatic carbocycles. The molecule has 17 heavy (non-hydrogen) atoms. The number of hydrogen-bond acceptors (Lipinski definition) is 2. The smallest absolute Gasteiger partial charge is 0.339 e. The molecule has 0 bridgehead atoms. The van der Waals surface area contributed by atoms with Gasteiger partial charge in [0.05, 0.1) is 0 Å². The Morgan fingerprint density at radius 2 is 1.94 bits per heavy atom. The molecule has 3 heteroatoms. The molecular weight excluding hydrogens is 216 g/mol. The second kappa shape index (κ2) is 4.78. The number of carbonyl (C=O) groups is 1. The Morgan fingerprint density at radius 1 is 1.35 bits per heavy atom. The lowest BCUT2D eigenvalue weighted by Crippen LogP contribution is -2.25. The highest BCUT2D eigenvalue weighted by Gasteiger charge is 2.33. The summed E-state index contributed by atoms with van der Waals surface area (Å²) in [7, 11) is 0. The first-order chi connectivity index (χ1) is 7.89. The number of hydrogen-bond donors (Lipinski definition) is 1. The van der Waals surface area contributed by atoms with Gasteiger partial charge >= 0.3 is 5.97 Å². The summed E-state index contributed by atoms with van der Waals surface area (Å²) < 4.78 is 5.66. The van der Waals surface area contributed by atoms with E-state index in [1.807, 2.05) is 40.7 Å². The Balaban J connectivity index is 0.000000686. The Kier molecular flexibility index (Phi) is 3.81. The summed E-state index contributed by atoms with van der Waals surface area (Å²) in [5.41, 5.74) is 1.95. The van der Waals surface area contributed by atoms with Crippen molar-refractivity contribution in [3.05, 3.63) is 28.8 Å². The van der Waals surface area contributed by atoms with E-state index in [4.69, 9.17) is 9.84 Å². The topological polar surface area (TPSA) is 46.5 Å². The van der Waals surface area contributed by atoms with E-state index in [-0.39, 0.29) is 11.2 Å². The van der Waals surface area contributed by atoms with E-state index in [2.05, 4.69) is 0 Å². The van der Waals surface area contributed by atoms with E-state index >= 15 is 0 Å². The molecule has 0 radical (unpaired) electrons. The van der Waals surface area contributed by atoms with Crippen molar-refractivity contribution in [1.29, 1.82) is 0 Å². The molecule has 0 spiro atoms.